The average molecular weight is 383 g/mol. The Morgan fingerprint density at radius 3 is 2.70 bits per heavy atom. The second-order valence-electron chi connectivity index (χ2n) is 5.39. The SMILES string of the molecule is CCOc1cc(/C=C(\C#N)C(N)=S)ccc1OCc1cccc([N+](=O)[O-])c1. The summed E-state index contributed by atoms with van der Waals surface area (Å²) in [5.41, 5.74) is 7.05. The normalized spacial score (nSPS) is 10.7. The van der Waals surface area contributed by atoms with Crippen molar-refractivity contribution in [2.24, 2.45) is 5.73 Å². The van der Waals surface area contributed by atoms with Gasteiger partial charge in [-0.05, 0) is 36.3 Å². The van der Waals surface area contributed by atoms with Crippen molar-refractivity contribution in [1.29, 1.82) is 5.26 Å². The minimum Gasteiger partial charge on any atom is -0.490 e. The fourth-order valence-electron chi connectivity index (χ4n) is 2.25. The van der Waals surface area contributed by atoms with Gasteiger partial charge in [0.2, 0.25) is 0 Å². The molecule has 0 atom stereocenters. The molecule has 0 amide bonds. The van der Waals surface area contributed by atoms with Gasteiger partial charge in [-0.15, -0.1) is 0 Å². The third-order valence-corrected chi connectivity index (χ3v) is 3.70. The highest BCUT2D eigenvalue weighted by Crippen LogP contribution is 2.30. The maximum Gasteiger partial charge on any atom is 0.269 e. The number of nitrogens with zero attached hydrogens (tertiary/aromatic N) is 2. The van der Waals surface area contributed by atoms with Crippen LogP contribution in [0.15, 0.2) is 48.0 Å². The number of hydrogen-bond acceptors (Lipinski definition) is 6. The highest BCUT2D eigenvalue weighted by Gasteiger charge is 2.10. The number of nitrogens with two attached hydrogens (primary N) is 1. The van der Waals surface area contributed by atoms with Crippen LogP contribution in [-0.2, 0) is 6.61 Å². The zero-order chi connectivity index (χ0) is 19.8. The minimum atomic E-state index is -0.453. The van der Waals surface area contributed by atoms with Gasteiger partial charge in [-0.2, -0.15) is 5.26 Å². The molecule has 0 aliphatic heterocycles. The molecule has 2 N–H and O–H groups in total. The van der Waals surface area contributed by atoms with E-state index in [1.807, 2.05) is 13.0 Å². The molecule has 2 aromatic rings. The van der Waals surface area contributed by atoms with Crippen LogP contribution in [0, 0.1) is 21.4 Å². The Hall–Kier alpha value is -3.44. The van der Waals surface area contributed by atoms with Crippen LogP contribution in [0.1, 0.15) is 18.1 Å². The number of thiocarbonyl (C=S) groups is 1. The van der Waals surface area contributed by atoms with Gasteiger partial charge in [0.15, 0.2) is 11.5 Å². The molecule has 0 bridgehead atoms. The summed E-state index contributed by atoms with van der Waals surface area (Å²) in [6, 6.07) is 13.3. The molecule has 0 saturated carbocycles. The summed E-state index contributed by atoms with van der Waals surface area (Å²) in [6.45, 7) is 2.40. The topological polar surface area (TPSA) is 111 Å². The molecule has 138 valence electrons. The van der Waals surface area contributed by atoms with Crippen LogP contribution in [0.4, 0.5) is 5.69 Å². The predicted molar refractivity (Wildman–Crippen MR) is 105 cm³/mol. The summed E-state index contributed by atoms with van der Waals surface area (Å²) in [5, 5.41) is 19.9. The van der Waals surface area contributed by atoms with Crippen molar-refractivity contribution in [3.05, 3.63) is 69.3 Å². The van der Waals surface area contributed by atoms with Crippen LogP contribution in [0.25, 0.3) is 6.08 Å². The molecule has 2 rings (SSSR count). The largest absolute Gasteiger partial charge is 0.490 e. The summed E-state index contributed by atoms with van der Waals surface area (Å²) < 4.78 is 11.4. The maximum atomic E-state index is 10.9. The first kappa shape index (κ1) is 19.9. The van der Waals surface area contributed by atoms with Crippen molar-refractivity contribution >= 4 is 29.0 Å². The standard InChI is InChI=1S/C19H17N3O4S/c1-2-25-18-10-13(8-15(11-20)19(21)27)6-7-17(18)26-12-14-4-3-5-16(9-14)22(23)24/h3-10H,2,12H2,1H3,(H2,21,27)/b15-8+. The fraction of sp³-hybridized carbons (Fsp3) is 0.158. The Balaban J connectivity index is 2.24. The van der Waals surface area contributed by atoms with Crippen LogP contribution in [0.5, 0.6) is 11.5 Å². The molecule has 0 heterocycles. The molecule has 0 saturated heterocycles. The maximum absolute atomic E-state index is 10.9. The molecule has 0 radical (unpaired) electrons. The van der Waals surface area contributed by atoms with E-state index in [-0.39, 0.29) is 22.9 Å². The van der Waals surface area contributed by atoms with Crippen molar-refractivity contribution in [2.45, 2.75) is 13.5 Å². The van der Waals surface area contributed by atoms with Gasteiger partial charge in [0.05, 0.1) is 17.1 Å². The van der Waals surface area contributed by atoms with Crippen LogP contribution >= 0.6 is 12.2 Å². The van der Waals surface area contributed by atoms with Crippen LogP contribution < -0.4 is 15.2 Å². The Bertz CT molecular complexity index is 935. The van der Waals surface area contributed by atoms with E-state index in [2.05, 4.69) is 0 Å². The Morgan fingerprint density at radius 1 is 1.30 bits per heavy atom. The summed E-state index contributed by atoms with van der Waals surface area (Å²) in [4.78, 5) is 10.4. The number of nitro groups is 1. The zero-order valence-corrected chi connectivity index (χ0v) is 15.4. The third kappa shape index (κ3) is 5.52. The lowest BCUT2D eigenvalue weighted by Gasteiger charge is -2.13. The van der Waals surface area contributed by atoms with E-state index in [0.717, 1.165) is 0 Å². The van der Waals surface area contributed by atoms with Gasteiger partial charge in [0, 0.05) is 12.1 Å². The lowest BCUT2D eigenvalue weighted by atomic mass is 10.1. The van der Waals surface area contributed by atoms with E-state index in [1.54, 1.807) is 36.4 Å². The van der Waals surface area contributed by atoms with Gasteiger partial charge in [-0.1, -0.05) is 30.4 Å². The number of hydrogen-bond donors (Lipinski definition) is 1. The predicted octanol–water partition coefficient (Wildman–Crippen LogP) is 3.77. The Labute approximate surface area is 161 Å². The smallest absolute Gasteiger partial charge is 0.269 e. The van der Waals surface area contributed by atoms with E-state index in [1.165, 1.54) is 12.1 Å². The van der Waals surface area contributed by atoms with E-state index >= 15 is 0 Å². The molecule has 0 aliphatic rings. The van der Waals surface area contributed by atoms with E-state index in [0.29, 0.717) is 29.2 Å². The van der Waals surface area contributed by atoms with Crippen LogP contribution in [-0.4, -0.2) is 16.5 Å². The van der Waals surface area contributed by atoms with Crippen molar-refractivity contribution in [2.75, 3.05) is 6.61 Å². The summed E-state index contributed by atoms with van der Waals surface area (Å²) in [6.07, 6.45) is 1.56. The molecule has 0 aliphatic carbocycles. The molecule has 27 heavy (non-hydrogen) atoms. The van der Waals surface area contributed by atoms with Gasteiger partial charge in [0.1, 0.15) is 17.7 Å². The summed E-state index contributed by atoms with van der Waals surface area (Å²) in [5.74, 6) is 0.964. The first-order valence-electron chi connectivity index (χ1n) is 7.99. The lowest BCUT2D eigenvalue weighted by Crippen LogP contribution is -2.09. The van der Waals surface area contributed by atoms with Gasteiger partial charge in [0.25, 0.3) is 5.69 Å². The lowest BCUT2D eigenvalue weighted by molar-refractivity contribution is -0.384. The summed E-state index contributed by atoms with van der Waals surface area (Å²) >= 11 is 4.83. The Morgan fingerprint density at radius 2 is 2.07 bits per heavy atom. The Kier molecular flexibility index (Phi) is 6.86. The van der Waals surface area contributed by atoms with Crippen molar-refractivity contribution in [3.63, 3.8) is 0 Å². The van der Waals surface area contributed by atoms with E-state index < -0.39 is 4.92 Å². The van der Waals surface area contributed by atoms with Gasteiger partial charge >= 0.3 is 0 Å². The third-order valence-electron chi connectivity index (χ3n) is 3.48. The molecule has 0 aromatic heterocycles. The molecular formula is C19H17N3O4S. The van der Waals surface area contributed by atoms with Gasteiger partial charge < -0.3 is 15.2 Å². The first-order valence-corrected chi connectivity index (χ1v) is 8.40. The van der Waals surface area contributed by atoms with E-state index in [9.17, 15) is 10.1 Å². The highest BCUT2D eigenvalue weighted by molar-refractivity contribution is 7.80. The number of rotatable bonds is 8. The minimum absolute atomic E-state index is 0.00315. The van der Waals surface area contributed by atoms with Crippen LogP contribution in [0.3, 0.4) is 0 Å². The van der Waals surface area contributed by atoms with Crippen molar-refractivity contribution < 1.29 is 14.4 Å². The number of benzene rings is 2. The zero-order valence-electron chi connectivity index (χ0n) is 14.5. The van der Waals surface area contributed by atoms with Gasteiger partial charge in [-0.3, -0.25) is 10.1 Å². The fourth-order valence-corrected chi connectivity index (χ4v) is 2.35. The molecule has 2 aromatic carbocycles. The van der Waals surface area contributed by atoms with Crippen molar-refractivity contribution in [3.8, 4) is 17.6 Å². The average Bonchev–Trinajstić information content (AvgIpc) is 2.65. The van der Waals surface area contributed by atoms with Gasteiger partial charge in [-0.25, -0.2) is 0 Å². The molecule has 0 unspecified atom stereocenters. The quantitative estimate of drug-likeness (QED) is 0.243. The molecule has 0 fully saturated rings. The van der Waals surface area contributed by atoms with Crippen LogP contribution in [0.2, 0.25) is 0 Å². The monoisotopic (exact) mass is 383 g/mol. The molecule has 7 nitrogen and oxygen atoms in total. The molecular weight excluding hydrogens is 366 g/mol. The first-order chi connectivity index (χ1) is 12.9. The number of nitro benzene ring substituents is 1. The second kappa shape index (κ2) is 9.31. The highest BCUT2D eigenvalue weighted by atomic mass is 32.1. The molecule has 0 spiro atoms. The number of nitriles is 1. The second-order valence-corrected chi connectivity index (χ2v) is 5.83. The molecule has 8 heteroatoms. The number of non-ortho nitro benzene ring substituents is 1. The summed E-state index contributed by atoms with van der Waals surface area (Å²) in [7, 11) is 0. The van der Waals surface area contributed by atoms with Crippen molar-refractivity contribution in [1.82, 2.24) is 0 Å². The number of ether oxygens (including phenoxy) is 2. The van der Waals surface area contributed by atoms with E-state index in [4.69, 9.17) is 32.7 Å².